The summed E-state index contributed by atoms with van der Waals surface area (Å²) >= 11 is 0. The first-order chi connectivity index (χ1) is 13.1. The van der Waals surface area contributed by atoms with Crippen molar-refractivity contribution in [2.75, 3.05) is 13.7 Å². The zero-order chi connectivity index (χ0) is 19.2. The molecule has 0 spiro atoms. The van der Waals surface area contributed by atoms with Gasteiger partial charge < -0.3 is 9.84 Å². The van der Waals surface area contributed by atoms with Crippen LogP contribution in [0.2, 0.25) is 0 Å². The van der Waals surface area contributed by atoms with Crippen molar-refractivity contribution in [1.82, 2.24) is 4.90 Å². The van der Waals surface area contributed by atoms with E-state index in [1.807, 2.05) is 30.3 Å². The second-order valence-corrected chi connectivity index (χ2v) is 7.32. The highest BCUT2D eigenvalue weighted by molar-refractivity contribution is 5.83. The zero-order valence-corrected chi connectivity index (χ0v) is 16.4. The highest BCUT2D eigenvalue weighted by Gasteiger charge is 2.14. The molecule has 3 nitrogen and oxygen atoms in total. The number of aliphatic hydroxyl groups is 1. The second kappa shape index (κ2) is 9.03. The Bertz CT molecular complexity index is 858. The van der Waals surface area contributed by atoms with Gasteiger partial charge in [0.2, 0.25) is 0 Å². The van der Waals surface area contributed by atoms with E-state index in [-0.39, 0.29) is 0 Å². The highest BCUT2D eigenvalue weighted by atomic mass is 16.5. The topological polar surface area (TPSA) is 32.7 Å². The van der Waals surface area contributed by atoms with Crippen LogP contribution in [0.1, 0.15) is 37.5 Å². The first-order valence-corrected chi connectivity index (χ1v) is 9.60. The lowest BCUT2D eigenvalue weighted by atomic mass is 10.0. The van der Waals surface area contributed by atoms with Crippen LogP contribution < -0.4 is 4.74 Å². The van der Waals surface area contributed by atoms with E-state index in [1.165, 1.54) is 16.3 Å². The van der Waals surface area contributed by atoms with Crippen molar-refractivity contribution in [1.29, 1.82) is 0 Å². The fraction of sp³-hybridized carbons (Fsp3) is 0.333. The second-order valence-electron chi connectivity index (χ2n) is 7.32. The van der Waals surface area contributed by atoms with Crippen molar-refractivity contribution < 1.29 is 9.84 Å². The van der Waals surface area contributed by atoms with Crippen molar-refractivity contribution in [2.45, 2.75) is 39.0 Å². The van der Waals surface area contributed by atoms with Crippen molar-refractivity contribution in [3.63, 3.8) is 0 Å². The number of hydrogen-bond acceptors (Lipinski definition) is 3. The molecule has 3 aromatic carbocycles. The number of rotatable bonds is 8. The number of benzene rings is 3. The Hall–Kier alpha value is -2.36. The molecule has 0 aliphatic heterocycles. The molecule has 0 heterocycles. The molecule has 1 N–H and O–H groups in total. The molecule has 3 rings (SSSR count). The number of ether oxygens (including phenoxy) is 1. The minimum atomic E-state index is -0.452. The van der Waals surface area contributed by atoms with Gasteiger partial charge in [-0.2, -0.15) is 0 Å². The zero-order valence-electron chi connectivity index (χ0n) is 16.4. The van der Waals surface area contributed by atoms with Crippen LogP contribution in [0.4, 0.5) is 0 Å². The fourth-order valence-corrected chi connectivity index (χ4v) is 3.36. The van der Waals surface area contributed by atoms with Gasteiger partial charge in [-0.05, 0) is 60.4 Å². The summed E-state index contributed by atoms with van der Waals surface area (Å²) in [5.41, 5.74) is 2.24. The van der Waals surface area contributed by atoms with E-state index in [9.17, 15) is 5.11 Å². The number of hydrogen-bond donors (Lipinski definition) is 1. The van der Waals surface area contributed by atoms with Crippen molar-refractivity contribution in [3.05, 3.63) is 77.9 Å². The van der Waals surface area contributed by atoms with Crippen LogP contribution in [-0.2, 0) is 6.54 Å². The van der Waals surface area contributed by atoms with E-state index < -0.39 is 6.10 Å². The fourth-order valence-electron chi connectivity index (χ4n) is 3.36. The molecule has 3 heteroatoms. The summed E-state index contributed by atoms with van der Waals surface area (Å²) in [5, 5.41) is 13.1. The van der Waals surface area contributed by atoms with Gasteiger partial charge in [-0.3, -0.25) is 4.90 Å². The van der Waals surface area contributed by atoms with Gasteiger partial charge in [0.1, 0.15) is 5.75 Å². The quantitative estimate of drug-likeness (QED) is 0.598. The summed E-state index contributed by atoms with van der Waals surface area (Å²) in [6, 6.07) is 23.1. The van der Waals surface area contributed by atoms with Crippen LogP contribution in [0.25, 0.3) is 10.8 Å². The summed E-state index contributed by atoms with van der Waals surface area (Å²) in [6.45, 7) is 6.11. The number of nitrogens with zero attached hydrogens (tertiary/aromatic N) is 1. The average molecular weight is 364 g/mol. The minimum Gasteiger partial charge on any atom is -0.497 e. The van der Waals surface area contributed by atoms with E-state index in [2.05, 4.69) is 55.1 Å². The summed E-state index contributed by atoms with van der Waals surface area (Å²) in [6.07, 6.45) is 0.263. The molecule has 0 aromatic heterocycles. The average Bonchev–Trinajstić information content (AvgIpc) is 2.70. The van der Waals surface area contributed by atoms with Crippen molar-refractivity contribution in [3.8, 4) is 5.75 Å². The lowest BCUT2D eigenvalue weighted by Crippen LogP contribution is -2.32. The van der Waals surface area contributed by atoms with Gasteiger partial charge in [-0.1, -0.05) is 48.5 Å². The largest absolute Gasteiger partial charge is 0.497 e. The Labute approximate surface area is 162 Å². The van der Waals surface area contributed by atoms with E-state index in [0.717, 1.165) is 24.4 Å². The number of methoxy groups -OCH3 is 1. The molecule has 0 bridgehead atoms. The van der Waals surface area contributed by atoms with Gasteiger partial charge in [0.15, 0.2) is 0 Å². The van der Waals surface area contributed by atoms with Crippen LogP contribution in [0.3, 0.4) is 0 Å². The van der Waals surface area contributed by atoms with Crippen LogP contribution in [0, 0.1) is 0 Å². The predicted molar refractivity (Wildman–Crippen MR) is 112 cm³/mol. The third-order valence-electron chi connectivity index (χ3n) is 5.12. The van der Waals surface area contributed by atoms with Crippen LogP contribution in [-0.4, -0.2) is 29.7 Å². The highest BCUT2D eigenvalue weighted by Crippen LogP contribution is 2.23. The Morgan fingerprint density at radius 3 is 2.30 bits per heavy atom. The molecule has 3 aromatic rings. The summed E-state index contributed by atoms with van der Waals surface area (Å²) in [7, 11) is 1.68. The maximum absolute atomic E-state index is 10.7. The maximum atomic E-state index is 10.7. The molecule has 0 radical (unpaired) electrons. The molecule has 0 fully saturated rings. The molecule has 1 unspecified atom stereocenters. The predicted octanol–water partition coefficient (Wildman–Crippen LogP) is 5.18. The molecule has 0 saturated heterocycles. The van der Waals surface area contributed by atoms with Gasteiger partial charge in [-0.25, -0.2) is 0 Å². The lowest BCUT2D eigenvalue weighted by molar-refractivity contribution is 0.127. The van der Waals surface area contributed by atoms with E-state index >= 15 is 0 Å². The molecule has 1 atom stereocenters. The van der Waals surface area contributed by atoms with Crippen LogP contribution >= 0.6 is 0 Å². The van der Waals surface area contributed by atoms with Crippen molar-refractivity contribution >= 4 is 10.8 Å². The van der Waals surface area contributed by atoms with Gasteiger partial charge in [0.05, 0.1) is 13.2 Å². The molecule has 0 aliphatic carbocycles. The van der Waals surface area contributed by atoms with Crippen molar-refractivity contribution in [2.24, 2.45) is 0 Å². The Morgan fingerprint density at radius 2 is 1.63 bits per heavy atom. The van der Waals surface area contributed by atoms with E-state index in [0.29, 0.717) is 12.5 Å². The van der Waals surface area contributed by atoms with Gasteiger partial charge in [0, 0.05) is 19.1 Å². The minimum absolute atomic E-state index is 0.413. The Balaban J connectivity index is 1.63. The molecular formula is C24H29NO2. The first-order valence-electron chi connectivity index (χ1n) is 9.60. The molecule has 0 aliphatic rings. The first kappa shape index (κ1) is 19.4. The van der Waals surface area contributed by atoms with Gasteiger partial charge in [-0.15, -0.1) is 0 Å². The van der Waals surface area contributed by atoms with Crippen LogP contribution in [0.15, 0.2) is 66.7 Å². The summed E-state index contributed by atoms with van der Waals surface area (Å²) in [5.74, 6) is 0.876. The molecule has 0 saturated carbocycles. The third kappa shape index (κ3) is 5.09. The smallest absolute Gasteiger partial charge is 0.118 e. The lowest BCUT2D eigenvalue weighted by Gasteiger charge is -2.27. The monoisotopic (exact) mass is 363 g/mol. The Kier molecular flexibility index (Phi) is 6.49. The maximum Gasteiger partial charge on any atom is 0.118 e. The van der Waals surface area contributed by atoms with Crippen LogP contribution in [0.5, 0.6) is 5.75 Å². The van der Waals surface area contributed by atoms with Gasteiger partial charge >= 0.3 is 0 Å². The third-order valence-corrected chi connectivity index (χ3v) is 5.12. The molecule has 142 valence electrons. The van der Waals surface area contributed by atoms with E-state index in [4.69, 9.17) is 4.74 Å². The molecule has 0 amide bonds. The number of fused-ring (bicyclic) bond motifs is 1. The molecular weight excluding hydrogens is 334 g/mol. The SMILES string of the molecule is COc1ccc(CN(CCC(O)c2ccc3ccccc3c2)C(C)C)cc1. The molecule has 27 heavy (non-hydrogen) atoms. The standard InChI is InChI=1S/C24H29NO2/c1-18(2)25(17-19-8-12-23(27-3)13-9-19)15-14-24(26)22-11-10-20-6-4-5-7-21(20)16-22/h4-13,16,18,24,26H,14-15,17H2,1-3H3. The van der Waals surface area contributed by atoms with E-state index in [1.54, 1.807) is 7.11 Å². The number of aliphatic hydroxyl groups excluding tert-OH is 1. The normalized spacial score (nSPS) is 12.7. The Morgan fingerprint density at radius 1 is 0.926 bits per heavy atom. The van der Waals surface area contributed by atoms with Gasteiger partial charge in [0.25, 0.3) is 0 Å². The summed E-state index contributed by atoms with van der Waals surface area (Å²) in [4.78, 5) is 2.39. The summed E-state index contributed by atoms with van der Waals surface area (Å²) < 4.78 is 5.23.